The third-order valence-electron chi connectivity index (χ3n) is 8.36. The topological polar surface area (TPSA) is 121 Å². The molecule has 4 unspecified atom stereocenters. The van der Waals surface area contributed by atoms with Crippen molar-refractivity contribution in [3.63, 3.8) is 0 Å². The average molecular weight is 543 g/mol. The third kappa shape index (κ3) is 5.08. The number of aromatic amines is 1. The molecule has 1 aromatic heterocycles. The molecule has 0 aromatic carbocycles. The molecule has 2 aliphatic heterocycles. The van der Waals surface area contributed by atoms with Gasteiger partial charge in [0.15, 0.2) is 34.6 Å². The highest BCUT2D eigenvalue weighted by Crippen LogP contribution is 2.56. The zero-order valence-corrected chi connectivity index (χ0v) is 25.4. The Morgan fingerprint density at radius 2 is 1.67 bits per heavy atom. The summed E-state index contributed by atoms with van der Waals surface area (Å²) in [5, 5.41) is -0.211. The zero-order valence-electron chi connectivity index (χ0n) is 23.4. The molecule has 0 aliphatic carbocycles. The standard InChI is InChI=1S/C24H42N2O8Si2/c1-22(2,3)35(8,9)31-14-15-24(18(33-24)20(28)30-7)17(34-36(10,11)23(4,5)6)19(32-15)26-13-12-16(27)25-21(26)29/h12-13,15,17-19H,14H2,1-11H3,(H,25,27,29)/t15?,17?,18?,19?,24-/m0/s1. The van der Waals surface area contributed by atoms with E-state index in [1.165, 1.54) is 23.9 Å². The maximum atomic E-state index is 12.8. The number of hydrogen-bond donors (Lipinski definition) is 1. The Balaban J connectivity index is 2.10. The predicted octanol–water partition coefficient (Wildman–Crippen LogP) is 3.16. The molecule has 0 bridgehead atoms. The number of carbonyl (C=O) groups excluding carboxylic acids is 1. The first kappa shape index (κ1) is 29.0. The highest BCUT2D eigenvalue weighted by atomic mass is 28.4. The molecule has 2 saturated heterocycles. The lowest BCUT2D eigenvalue weighted by atomic mass is 9.94. The summed E-state index contributed by atoms with van der Waals surface area (Å²) in [4.78, 5) is 39.6. The predicted molar refractivity (Wildman–Crippen MR) is 140 cm³/mol. The second kappa shape index (κ2) is 9.31. The van der Waals surface area contributed by atoms with Crippen LogP contribution < -0.4 is 11.2 Å². The molecule has 2 fully saturated rings. The van der Waals surface area contributed by atoms with E-state index in [0.717, 1.165) is 0 Å². The molecule has 0 radical (unpaired) electrons. The summed E-state index contributed by atoms with van der Waals surface area (Å²) in [6.45, 7) is 21.3. The van der Waals surface area contributed by atoms with Crippen LogP contribution in [0.4, 0.5) is 0 Å². The van der Waals surface area contributed by atoms with E-state index in [9.17, 15) is 14.4 Å². The maximum absolute atomic E-state index is 12.8. The molecule has 10 nitrogen and oxygen atoms in total. The summed E-state index contributed by atoms with van der Waals surface area (Å²) in [5.74, 6) is -0.533. The molecule has 1 spiro atoms. The van der Waals surface area contributed by atoms with E-state index < -0.39 is 64.0 Å². The van der Waals surface area contributed by atoms with Crippen LogP contribution in [0.15, 0.2) is 21.9 Å². The van der Waals surface area contributed by atoms with Crippen LogP contribution in [0.25, 0.3) is 0 Å². The van der Waals surface area contributed by atoms with E-state index in [2.05, 4.69) is 72.7 Å². The maximum Gasteiger partial charge on any atom is 0.338 e. The number of hydrogen-bond acceptors (Lipinski definition) is 8. The fraction of sp³-hybridized carbons (Fsp3) is 0.792. The Labute approximate surface area is 214 Å². The fourth-order valence-corrected chi connectivity index (χ4v) is 6.17. The van der Waals surface area contributed by atoms with E-state index in [4.69, 9.17) is 23.1 Å². The highest BCUT2D eigenvalue weighted by Gasteiger charge is 2.77. The second-order valence-corrected chi connectivity index (χ2v) is 22.3. The minimum Gasteiger partial charge on any atom is -0.467 e. The third-order valence-corrected chi connectivity index (χ3v) is 17.3. The Kier molecular flexibility index (Phi) is 7.50. The molecular formula is C24H42N2O8Si2. The largest absolute Gasteiger partial charge is 0.467 e. The zero-order chi connectivity index (χ0) is 27.5. The van der Waals surface area contributed by atoms with Gasteiger partial charge in [0.25, 0.3) is 5.56 Å². The molecule has 5 atom stereocenters. The van der Waals surface area contributed by atoms with Gasteiger partial charge in [-0.15, -0.1) is 0 Å². The molecule has 2 aliphatic rings. The van der Waals surface area contributed by atoms with Gasteiger partial charge in [-0.2, -0.15) is 0 Å². The Hall–Kier alpha value is -1.58. The quantitative estimate of drug-likeness (QED) is 0.317. The molecule has 0 saturated carbocycles. The van der Waals surface area contributed by atoms with E-state index in [1.807, 2.05) is 0 Å². The van der Waals surface area contributed by atoms with Crippen molar-refractivity contribution in [1.29, 1.82) is 0 Å². The van der Waals surface area contributed by atoms with Crippen LogP contribution >= 0.6 is 0 Å². The average Bonchev–Trinajstić information content (AvgIpc) is 3.40. The molecule has 1 N–H and O–H groups in total. The first-order valence-corrected chi connectivity index (χ1v) is 18.1. The number of ether oxygens (including phenoxy) is 3. The molecular weight excluding hydrogens is 500 g/mol. The lowest BCUT2D eigenvalue weighted by molar-refractivity contribution is -0.142. The van der Waals surface area contributed by atoms with Gasteiger partial charge >= 0.3 is 11.7 Å². The Bertz CT molecular complexity index is 1100. The van der Waals surface area contributed by atoms with Crippen LogP contribution in [0, 0.1) is 0 Å². The van der Waals surface area contributed by atoms with Gasteiger partial charge in [-0.25, -0.2) is 9.59 Å². The number of nitrogens with zero attached hydrogens (tertiary/aromatic N) is 1. The molecule has 0 amide bonds. The summed E-state index contributed by atoms with van der Waals surface area (Å²) in [6, 6.07) is 1.26. The normalized spacial score (nSPS) is 29.0. The smallest absolute Gasteiger partial charge is 0.338 e. The number of nitrogens with one attached hydrogen (secondary N) is 1. The van der Waals surface area contributed by atoms with Crippen molar-refractivity contribution in [1.82, 2.24) is 9.55 Å². The van der Waals surface area contributed by atoms with Crippen molar-refractivity contribution in [2.45, 2.75) is 108 Å². The molecule has 3 heterocycles. The van der Waals surface area contributed by atoms with Crippen molar-refractivity contribution in [3.05, 3.63) is 33.1 Å². The van der Waals surface area contributed by atoms with Gasteiger partial charge in [-0.1, -0.05) is 41.5 Å². The van der Waals surface area contributed by atoms with Gasteiger partial charge in [-0.05, 0) is 36.3 Å². The van der Waals surface area contributed by atoms with E-state index in [0.29, 0.717) is 0 Å². The Morgan fingerprint density at radius 1 is 1.08 bits per heavy atom. The number of carbonyl (C=O) groups is 1. The van der Waals surface area contributed by atoms with E-state index in [1.54, 1.807) is 0 Å². The van der Waals surface area contributed by atoms with Gasteiger partial charge in [0.2, 0.25) is 0 Å². The van der Waals surface area contributed by atoms with E-state index in [-0.39, 0.29) is 16.7 Å². The van der Waals surface area contributed by atoms with Crippen molar-refractivity contribution in [2.24, 2.45) is 0 Å². The molecule has 36 heavy (non-hydrogen) atoms. The minimum atomic E-state index is -2.45. The van der Waals surface area contributed by atoms with Gasteiger partial charge in [0, 0.05) is 12.3 Å². The number of methoxy groups -OCH3 is 1. The SMILES string of the molecule is COC(=O)C1O[C@]12C(CO[Si](C)(C)C(C)(C)C)OC(n1ccc(=O)[nH]c1=O)C2O[Si](C)(C)C(C)(C)C. The summed E-state index contributed by atoms with van der Waals surface area (Å²) < 4.78 is 32.2. The number of aromatic nitrogens is 2. The number of epoxide rings is 1. The molecule has 1 aromatic rings. The van der Waals surface area contributed by atoms with Gasteiger partial charge in [0.05, 0.1) is 13.7 Å². The Morgan fingerprint density at radius 3 is 2.17 bits per heavy atom. The van der Waals surface area contributed by atoms with Gasteiger partial charge in [0.1, 0.15) is 12.2 Å². The lowest BCUT2D eigenvalue weighted by Gasteiger charge is -2.40. The van der Waals surface area contributed by atoms with Crippen LogP contribution in [0.3, 0.4) is 0 Å². The fourth-order valence-electron chi connectivity index (χ4n) is 3.88. The highest BCUT2D eigenvalue weighted by molar-refractivity contribution is 6.74. The molecule has 3 rings (SSSR count). The van der Waals surface area contributed by atoms with Gasteiger partial charge < -0.3 is 23.1 Å². The van der Waals surface area contributed by atoms with Crippen molar-refractivity contribution in [3.8, 4) is 0 Å². The number of H-pyrrole nitrogens is 1. The number of rotatable bonds is 7. The first-order valence-electron chi connectivity index (χ1n) is 12.3. The summed E-state index contributed by atoms with van der Waals surface area (Å²) in [5.41, 5.74) is -2.34. The van der Waals surface area contributed by atoms with Crippen molar-refractivity contribution >= 4 is 22.6 Å². The summed E-state index contributed by atoms with van der Waals surface area (Å²) in [7, 11) is -3.32. The van der Waals surface area contributed by atoms with Crippen LogP contribution in [-0.4, -0.2) is 69.8 Å². The molecule has 12 heteroatoms. The van der Waals surface area contributed by atoms with Crippen molar-refractivity contribution in [2.75, 3.05) is 13.7 Å². The monoisotopic (exact) mass is 542 g/mol. The number of esters is 1. The van der Waals surface area contributed by atoms with Crippen molar-refractivity contribution < 1.29 is 27.9 Å². The molecule has 204 valence electrons. The van der Waals surface area contributed by atoms with Crippen LogP contribution in [0.2, 0.25) is 36.3 Å². The summed E-state index contributed by atoms with van der Waals surface area (Å²) in [6.07, 6.45) is -1.98. The second-order valence-electron chi connectivity index (χ2n) is 12.8. The van der Waals surface area contributed by atoms with E-state index >= 15 is 0 Å². The summed E-state index contributed by atoms with van der Waals surface area (Å²) >= 11 is 0. The first-order chi connectivity index (χ1) is 16.3. The van der Waals surface area contributed by atoms with Crippen LogP contribution in [0.1, 0.15) is 47.8 Å². The van der Waals surface area contributed by atoms with Crippen LogP contribution in [0.5, 0.6) is 0 Å². The van der Waals surface area contributed by atoms with Crippen LogP contribution in [-0.2, 0) is 27.9 Å². The lowest BCUT2D eigenvalue weighted by Crippen LogP contribution is -2.53. The minimum absolute atomic E-state index is 0.0444. The van der Waals surface area contributed by atoms with Gasteiger partial charge in [-0.3, -0.25) is 14.3 Å².